The van der Waals surface area contributed by atoms with Crippen LogP contribution in [0, 0.1) is 11.8 Å². The fourth-order valence-corrected chi connectivity index (χ4v) is 3.34. The Morgan fingerprint density at radius 3 is 3.07 bits per heavy atom. The summed E-state index contributed by atoms with van der Waals surface area (Å²) in [6.07, 6.45) is 10.3. The Hall–Kier alpha value is -0.720. The molecule has 76 valence electrons. The van der Waals surface area contributed by atoms with E-state index in [1.165, 1.54) is 38.8 Å². The van der Waals surface area contributed by atoms with Crippen molar-refractivity contribution in [1.29, 1.82) is 0 Å². The molecule has 0 aromatic rings. The highest BCUT2D eigenvalue weighted by atomic mass is 15.2. The Morgan fingerprint density at radius 1 is 1.29 bits per heavy atom. The first-order valence-corrected chi connectivity index (χ1v) is 6.02. The molecule has 0 amide bonds. The van der Waals surface area contributed by atoms with Crippen LogP contribution in [0.3, 0.4) is 0 Å². The van der Waals surface area contributed by atoms with Crippen LogP contribution in [0.2, 0.25) is 0 Å². The predicted molar refractivity (Wildman–Crippen MR) is 58.9 cm³/mol. The van der Waals surface area contributed by atoms with Gasteiger partial charge in [0, 0.05) is 24.7 Å². The summed E-state index contributed by atoms with van der Waals surface area (Å²) < 4.78 is 0. The predicted octanol–water partition coefficient (Wildman–Crippen LogP) is 2.95. The van der Waals surface area contributed by atoms with E-state index in [4.69, 9.17) is 0 Å². The van der Waals surface area contributed by atoms with Crippen LogP contribution in [0.15, 0.2) is 23.4 Å². The maximum Gasteiger partial charge on any atom is 0.0202 e. The molecule has 2 unspecified atom stereocenters. The van der Waals surface area contributed by atoms with Gasteiger partial charge in [-0.3, -0.25) is 0 Å². The van der Waals surface area contributed by atoms with E-state index < -0.39 is 0 Å². The molecule has 0 spiro atoms. The third-order valence-corrected chi connectivity index (χ3v) is 4.07. The lowest BCUT2D eigenvalue weighted by atomic mass is 9.76. The van der Waals surface area contributed by atoms with Crippen LogP contribution in [0.1, 0.15) is 32.6 Å². The Labute approximate surface area is 86.5 Å². The minimum atomic E-state index is 0.773. The standard InChI is InChI=1S/C13H19N/c1-10-6-7-11-4-2-8-14-9-3-5-12(10)13(11)14/h6-7,10,12H,2-5,8-9H2,1H3. The molecule has 1 saturated heterocycles. The van der Waals surface area contributed by atoms with Crippen LogP contribution in [0.25, 0.3) is 0 Å². The van der Waals surface area contributed by atoms with Crippen molar-refractivity contribution in [1.82, 2.24) is 4.90 Å². The summed E-state index contributed by atoms with van der Waals surface area (Å²) in [6.45, 7) is 5.01. The van der Waals surface area contributed by atoms with E-state index in [0.29, 0.717) is 0 Å². The van der Waals surface area contributed by atoms with Crippen molar-refractivity contribution >= 4 is 0 Å². The average molecular weight is 189 g/mol. The second-order valence-corrected chi connectivity index (χ2v) is 4.97. The fraction of sp³-hybridized carbons (Fsp3) is 0.692. The van der Waals surface area contributed by atoms with Crippen molar-refractivity contribution < 1.29 is 0 Å². The Bertz CT molecular complexity index is 300. The smallest absolute Gasteiger partial charge is 0.0202 e. The molecule has 1 heteroatoms. The zero-order valence-corrected chi connectivity index (χ0v) is 9.00. The van der Waals surface area contributed by atoms with Crippen LogP contribution in [-0.2, 0) is 0 Å². The van der Waals surface area contributed by atoms with Gasteiger partial charge in [-0.05, 0) is 37.2 Å². The van der Waals surface area contributed by atoms with E-state index in [1.54, 1.807) is 11.3 Å². The quantitative estimate of drug-likeness (QED) is 0.566. The minimum Gasteiger partial charge on any atom is -0.374 e. The molecule has 2 heterocycles. The summed E-state index contributed by atoms with van der Waals surface area (Å²) >= 11 is 0. The molecule has 3 rings (SSSR count). The van der Waals surface area contributed by atoms with Gasteiger partial charge in [-0.2, -0.15) is 0 Å². The Kier molecular flexibility index (Phi) is 1.93. The highest BCUT2D eigenvalue weighted by molar-refractivity contribution is 5.34. The zero-order valence-electron chi connectivity index (χ0n) is 9.00. The van der Waals surface area contributed by atoms with E-state index in [9.17, 15) is 0 Å². The Morgan fingerprint density at radius 2 is 2.14 bits per heavy atom. The SMILES string of the molecule is CC1C=CC2=C3C1CCCN3CCC2. The van der Waals surface area contributed by atoms with Gasteiger partial charge in [-0.15, -0.1) is 0 Å². The van der Waals surface area contributed by atoms with Crippen LogP contribution in [0.5, 0.6) is 0 Å². The minimum absolute atomic E-state index is 0.773. The summed E-state index contributed by atoms with van der Waals surface area (Å²) in [7, 11) is 0. The van der Waals surface area contributed by atoms with Crippen molar-refractivity contribution in [2.45, 2.75) is 32.6 Å². The molecule has 0 N–H and O–H groups in total. The monoisotopic (exact) mass is 189 g/mol. The summed E-state index contributed by atoms with van der Waals surface area (Å²) in [6, 6.07) is 0. The van der Waals surface area contributed by atoms with Gasteiger partial charge in [0.15, 0.2) is 0 Å². The van der Waals surface area contributed by atoms with Crippen molar-refractivity contribution in [3.8, 4) is 0 Å². The van der Waals surface area contributed by atoms with Gasteiger partial charge >= 0.3 is 0 Å². The molecule has 3 aliphatic rings. The van der Waals surface area contributed by atoms with Gasteiger partial charge in [0.25, 0.3) is 0 Å². The molecule has 1 nitrogen and oxygen atoms in total. The van der Waals surface area contributed by atoms with E-state index in [0.717, 1.165) is 11.8 Å². The van der Waals surface area contributed by atoms with Gasteiger partial charge < -0.3 is 4.90 Å². The van der Waals surface area contributed by atoms with E-state index in [1.807, 2.05) is 0 Å². The number of rotatable bonds is 0. The molecule has 2 atom stereocenters. The van der Waals surface area contributed by atoms with Crippen LogP contribution in [0.4, 0.5) is 0 Å². The van der Waals surface area contributed by atoms with Gasteiger partial charge in [0.2, 0.25) is 0 Å². The highest BCUT2D eigenvalue weighted by Gasteiger charge is 2.33. The molecule has 0 aromatic heterocycles. The molecule has 0 aromatic carbocycles. The van der Waals surface area contributed by atoms with Gasteiger partial charge in [0.1, 0.15) is 0 Å². The maximum absolute atomic E-state index is 2.66. The number of hydrogen-bond donors (Lipinski definition) is 0. The molecule has 2 aliphatic heterocycles. The summed E-state index contributed by atoms with van der Waals surface area (Å²) in [5.41, 5.74) is 3.37. The van der Waals surface area contributed by atoms with Gasteiger partial charge in [0.05, 0.1) is 0 Å². The van der Waals surface area contributed by atoms with Crippen molar-refractivity contribution in [2.24, 2.45) is 11.8 Å². The van der Waals surface area contributed by atoms with E-state index >= 15 is 0 Å². The summed E-state index contributed by atoms with van der Waals surface area (Å²) in [5, 5.41) is 0. The normalized spacial score (nSPS) is 35.9. The topological polar surface area (TPSA) is 3.24 Å². The molecular formula is C13H19N. The van der Waals surface area contributed by atoms with E-state index in [-0.39, 0.29) is 0 Å². The van der Waals surface area contributed by atoms with Crippen LogP contribution in [-0.4, -0.2) is 18.0 Å². The summed E-state index contributed by atoms with van der Waals surface area (Å²) in [5.74, 6) is 1.62. The van der Waals surface area contributed by atoms with Crippen molar-refractivity contribution in [2.75, 3.05) is 13.1 Å². The third-order valence-electron chi connectivity index (χ3n) is 4.07. The van der Waals surface area contributed by atoms with E-state index in [2.05, 4.69) is 24.0 Å². The second kappa shape index (κ2) is 3.15. The van der Waals surface area contributed by atoms with Gasteiger partial charge in [-0.1, -0.05) is 19.1 Å². The molecule has 1 aliphatic carbocycles. The van der Waals surface area contributed by atoms with Crippen molar-refractivity contribution in [3.63, 3.8) is 0 Å². The highest BCUT2D eigenvalue weighted by Crippen LogP contribution is 2.41. The maximum atomic E-state index is 2.66. The fourth-order valence-electron chi connectivity index (χ4n) is 3.34. The molecule has 14 heavy (non-hydrogen) atoms. The molecule has 0 bridgehead atoms. The van der Waals surface area contributed by atoms with Crippen LogP contribution < -0.4 is 0 Å². The Balaban J connectivity index is 2.03. The van der Waals surface area contributed by atoms with Crippen molar-refractivity contribution in [3.05, 3.63) is 23.4 Å². The molecule has 1 fully saturated rings. The lowest BCUT2D eigenvalue weighted by Gasteiger charge is -2.45. The second-order valence-electron chi connectivity index (χ2n) is 4.97. The molecule has 0 radical (unpaired) electrons. The summed E-state index contributed by atoms with van der Waals surface area (Å²) in [4.78, 5) is 2.66. The zero-order chi connectivity index (χ0) is 9.54. The number of nitrogens with zero attached hydrogens (tertiary/aromatic N) is 1. The lowest BCUT2D eigenvalue weighted by molar-refractivity contribution is 0.198. The van der Waals surface area contributed by atoms with Crippen LogP contribution >= 0.6 is 0 Å². The molecular weight excluding hydrogens is 170 g/mol. The number of piperidine rings is 1. The number of allylic oxidation sites excluding steroid dienone is 4. The lowest BCUT2D eigenvalue weighted by Crippen LogP contribution is -2.40. The first kappa shape index (κ1) is 8.58. The first-order chi connectivity index (χ1) is 6.86. The largest absolute Gasteiger partial charge is 0.374 e. The average Bonchev–Trinajstić information content (AvgIpc) is 2.24. The van der Waals surface area contributed by atoms with Gasteiger partial charge in [-0.25, -0.2) is 0 Å². The molecule has 0 saturated carbocycles. The third kappa shape index (κ3) is 1.14. The first-order valence-electron chi connectivity index (χ1n) is 6.02. The number of hydrogen-bond acceptors (Lipinski definition) is 1.